The number of amides is 1. The van der Waals surface area contributed by atoms with Gasteiger partial charge in [-0.1, -0.05) is 43.2 Å². The highest BCUT2D eigenvalue weighted by Gasteiger charge is 2.29. The van der Waals surface area contributed by atoms with Crippen LogP contribution in [0.1, 0.15) is 50.6 Å². The van der Waals surface area contributed by atoms with Crippen molar-refractivity contribution < 1.29 is 9.53 Å². The summed E-state index contributed by atoms with van der Waals surface area (Å²) in [6.45, 7) is 5.52. The van der Waals surface area contributed by atoms with Gasteiger partial charge in [-0.05, 0) is 31.2 Å². The van der Waals surface area contributed by atoms with Crippen molar-refractivity contribution in [3.63, 3.8) is 0 Å². The Balaban J connectivity index is 1.65. The summed E-state index contributed by atoms with van der Waals surface area (Å²) in [7, 11) is 0. The summed E-state index contributed by atoms with van der Waals surface area (Å²) in [6, 6.07) is 10.8. The smallest absolute Gasteiger partial charge is 0.220 e. The number of hydrogen-bond donors (Lipinski definition) is 1. The van der Waals surface area contributed by atoms with E-state index in [-0.39, 0.29) is 18.0 Å². The molecule has 2 unspecified atom stereocenters. The molecular weight excluding hydrogens is 300 g/mol. The lowest BCUT2D eigenvalue weighted by Crippen LogP contribution is -2.48. The van der Waals surface area contributed by atoms with Crippen molar-refractivity contribution in [1.29, 1.82) is 0 Å². The van der Waals surface area contributed by atoms with Crippen molar-refractivity contribution in [1.82, 2.24) is 10.2 Å². The van der Waals surface area contributed by atoms with Crippen LogP contribution in [-0.4, -0.2) is 43.2 Å². The Bertz CT molecular complexity index is 508. The van der Waals surface area contributed by atoms with Crippen LogP contribution in [0.5, 0.6) is 0 Å². The van der Waals surface area contributed by atoms with Gasteiger partial charge in [-0.2, -0.15) is 0 Å². The first-order chi connectivity index (χ1) is 11.7. The highest BCUT2D eigenvalue weighted by Crippen LogP contribution is 2.28. The number of nitrogens with zero attached hydrogens (tertiary/aromatic N) is 1. The highest BCUT2D eigenvalue weighted by atomic mass is 16.5. The molecule has 1 aliphatic heterocycles. The maximum absolute atomic E-state index is 12.5. The molecule has 1 heterocycles. The number of benzene rings is 1. The van der Waals surface area contributed by atoms with Crippen LogP contribution >= 0.6 is 0 Å². The van der Waals surface area contributed by atoms with Crippen LogP contribution in [0, 0.1) is 5.92 Å². The number of rotatable bonds is 6. The first-order valence-corrected chi connectivity index (χ1v) is 9.40. The Morgan fingerprint density at radius 3 is 2.54 bits per heavy atom. The van der Waals surface area contributed by atoms with Crippen LogP contribution in [0.15, 0.2) is 30.3 Å². The lowest BCUT2D eigenvalue weighted by molar-refractivity contribution is -0.123. The average Bonchev–Trinajstić information content (AvgIpc) is 3.10. The number of ether oxygens (including phenoxy) is 1. The summed E-state index contributed by atoms with van der Waals surface area (Å²) >= 11 is 0. The molecule has 0 aromatic heterocycles. The molecule has 1 aromatic carbocycles. The van der Waals surface area contributed by atoms with E-state index >= 15 is 0 Å². The maximum atomic E-state index is 12.5. The quantitative estimate of drug-likeness (QED) is 0.871. The number of nitrogens with one attached hydrogen (secondary N) is 1. The van der Waals surface area contributed by atoms with Crippen LogP contribution in [0.4, 0.5) is 0 Å². The minimum atomic E-state index is 0.0967. The fraction of sp³-hybridized carbons (Fsp3) is 0.650. The van der Waals surface area contributed by atoms with Gasteiger partial charge in [0, 0.05) is 25.6 Å². The lowest BCUT2D eigenvalue weighted by Gasteiger charge is -2.38. The van der Waals surface area contributed by atoms with Gasteiger partial charge in [0.2, 0.25) is 5.91 Å². The third-order valence-electron chi connectivity index (χ3n) is 5.39. The molecule has 132 valence electrons. The molecule has 4 nitrogen and oxygen atoms in total. The summed E-state index contributed by atoms with van der Waals surface area (Å²) in [6.07, 6.45) is 5.69. The van der Waals surface area contributed by atoms with E-state index in [4.69, 9.17) is 4.74 Å². The molecule has 0 spiro atoms. The number of carbonyl (C=O) groups is 1. The van der Waals surface area contributed by atoms with E-state index in [0.29, 0.717) is 12.3 Å². The van der Waals surface area contributed by atoms with Gasteiger partial charge in [-0.3, -0.25) is 9.69 Å². The zero-order valence-corrected chi connectivity index (χ0v) is 14.7. The molecule has 2 atom stereocenters. The third kappa shape index (κ3) is 4.58. The molecule has 0 bridgehead atoms. The zero-order valence-electron chi connectivity index (χ0n) is 14.7. The van der Waals surface area contributed by atoms with Crippen LogP contribution in [0.2, 0.25) is 0 Å². The number of morpholine rings is 1. The third-order valence-corrected chi connectivity index (χ3v) is 5.39. The van der Waals surface area contributed by atoms with E-state index in [9.17, 15) is 4.79 Å². The molecule has 4 heteroatoms. The van der Waals surface area contributed by atoms with Gasteiger partial charge in [0.25, 0.3) is 0 Å². The molecule has 2 aliphatic rings. The highest BCUT2D eigenvalue weighted by molar-refractivity contribution is 5.76. The van der Waals surface area contributed by atoms with Crippen molar-refractivity contribution >= 4 is 5.91 Å². The van der Waals surface area contributed by atoms with E-state index in [0.717, 1.165) is 26.3 Å². The normalized spacial score (nSPS) is 22.2. The number of hydrogen-bond acceptors (Lipinski definition) is 3. The molecular formula is C20H30N2O2. The average molecular weight is 330 g/mol. The summed E-state index contributed by atoms with van der Waals surface area (Å²) in [5.74, 6) is 0.805. The molecule has 1 N–H and O–H groups in total. The van der Waals surface area contributed by atoms with Crippen LogP contribution < -0.4 is 5.32 Å². The fourth-order valence-electron chi connectivity index (χ4n) is 4.19. The first-order valence-electron chi connectivity index (χ1n) is 9.40. The van der Waals surface area contributed by atoms with Crippen molar-refractivity contribution in [3.05, 3.63) is 35.9 Å². The predicted octanol–water partition coefficient (Wildman–Crippen LogP) is 3.14. The second-order valence-electron chi connectivity index (χ2n) is 7.21. The minimum Gasteiger partial charge on any atom is -0.379 e. The van der Waals surface area contributed by atoms with Gasteiger partial charge in [0.1, 0.15) is 0 Å². The maximum Gasteiger partial charge on any atom is 0.220 e. The fourth-order valence-corrected chi connectivity index (χ4v) is 4.19. The topological polar surface area (TPSA) is 41.6 Å². The standard InChI is InChI=1S/C20H30N2O2/c1-16(21-19(23)15-17-7-5-6-8-17)20(18-9-3-2-4-10-18)22-11-13-24-14-12-22/h2-4,9-10,16-17,20H,5-8,11-15H2,1H3,(H,21,23). The molecule has 24 heavy (non-hydrogen) atoms. The monoisotopic (exact) mass is 330 g/mol. The molecule has 1 saturated carbocycles. The Morgan fingerprint density at radius 1 is 1.21 bits per heavy atom. The van der Waals surface area contributed by atoms with Crippen LogP contribution in [0.25, 0.3) is 0 Å². The van der Waals surface area contributed by atoms with Gasteiger partial charge in [0.15, 0.2) is 0 Å². The SMILES string of the molecule is CC(NC(=O)CC1CCCC1)C(c1ccccc1)N1CCOCC1. The Morgan fingerprint density at radius 2 is 1.88 bits per heavy atom. The molecule has 1 aromatic rings. The van der Waals surface area contributed by atoms with Crippen molar-refractivity contribution in [2.45, 2.75) is 51.1 Å². The first kappa shape index (κ1) is 17.4. The van der Waals surface area contributed by atoms with Crippen molar-refractivity contribution in [2.75, 3.05) is 26.3 Å². The largest absolute Gasteiger partial charge is 0.379 e. The number of carbonyl (C=O) groups excluding carboxylic acids is 1. The lowest BCUT2D eigenvalue weighted by atomic mass is 9.97. The second kappa shape index (κ2) is 8.63. The van der Waals surface area contributed by atoms with Crippen LogP contribution in [0.3, 0.4) is 0 Å². The Kier molecular flexibility index (Phi) is 6.27. The van der Waals surface area contributed by atoms with Gasteiger partial charge in [-0.25, -0.2) is 0 Å². The summed E-state index contributed by atoms with van der Waals surface area (Å²) < 4.78 is 5.51. The van der Waals surface area contributed by atoms with Crippen molar-refractivity contribution in [3.8, 4) is 0 Å². The van der Waals surface area contributed by atoms with Gasteiger partial charge >= 0.3 is 0 Å². The van der Waals surface area contributed by atoms with Gasteiger partial charge in [0.05, 0.1) is 19.3 Å². The minimum absolute atomic E-state index is 0.0967. The zero-order chi connectivity index (χ0) is 16.8. The Hall–Kier alpha value is -1.39. The predicted molar refractivity (Wildman–Crippen MR) is 95.8 cm³/mol. The summed E-state index contributed by atoms with van der Waals surface area (Å²) in [5, 5.41) is 3.28. The second-order valence-corrected chi connectivity index (χ2v) is 7.21. The van der Waals surface area contributed by atoms with Gasteiger partial charge < -0.3 is 10.1 Å². The van der Waals surface area contributed by atoms with Crippen LogP contribution in [-0.2, 0) is 9.53 Å². The van der Waals surface area contributed by atoms with E-state index in [1.165, 1.54) is 31.2 Å². The Labute approximate surface area is 145 Å². The molecule has 1 amide bonds. The summed E-state index contributed by atoms with van der Waals surface area (Å²) in [5.41, 5.74) is 1.27. The molecule has 1 aliphatic carbocycles. The van der Waals surface area contributed by atoms with E-state index in [1.807, 2.05) is 6.07 Å². The summed E-state index contributed by atoms with van der Waals surface area (Å²) in [4.78, 5) is 14.9. The molecule has 3 rings (SSSR count). The molecule has 0 radical (unpaired) electrons. The van der Waals surface area contributed by atoms with Gasteiger partial charge in [-0.15, -0.1) is 0 Å². The molecule has 1 saturated heterocycles. The van der Waals surface area contributed by atoms with E-state index in [1.54, 1.807) is 0 Å². The molecule has 2 fully saturated rings. The van der Waals surface area contributed by atoms with Crippen molar-refractivity contribution in [2.24, 2.45) is 5.92 Å². The van der Waals surface area contributed by atoms with E-state index < -0.39 is 0 Å². The van der Waals surface area contributed by atoms with E-state index in [2.05, 4.69) is 41.4 Å².